The lowest BCUT2D eigenvalue weighted by Gasteiger charge is -2.06. The van der Waals surface area contributed by atoms with Crippen molar-refractivity contribution in [3.05, 3.63) is 76.8 Å². The van der Waals surface area contributed by atoms with Crippen LogP contribution < -0.4 is 4.74 Å². The highest BCUT2D eigenvalue weighted by atomic mass is 35.5. The molecule has 0 aliphatic heterocycles. The Morgan fingerprint density at radius 3 is 2.50 bits per heavy atom. The second-order valence-corrected chi connectivity index (χ2v) is 8.31. The number of ether oxygens (including phenoxy) is 2. The molecule has 0 heterocycles. The molecule has 0 saturated heterocycles. The lowest BCUT2D eigenvalue weighted by atomic mass is 10.1. The molecule has 1 aliphatic carbocycles. The minimum absolute atomic E-state index is 0.0146. The number of allylic oxidation sites excluding steroid dienone is 1. The zero-order chi connectivity index (χ0) is 20.1. The highest BCUT2D eigenvalue weighted by Gasteiger charge is 2.61. The quantitative estimate of drug-likeness (QED) is 0.475. The van der Waals surface area contributed by atoms with E-state index in [0.717, 1.165) is 17.1 Å². The molecule has 3 rings (SSSR count). The van der Waals surface area contributed by atoms with E-state index >= 15 is 0 Å². The number of rotatable bonds is 7. The fourth-order valence-electron chi connectivity index (χ4n) is 3.29. The molecule has 0 amide bonds. The first kappa shape index (κ1) is 20.5. The van der Waals surface area contributed by atoms with Crippen molar-refractivity contribution in [2.45, 2.75) is 13.8 Å². The molecule has 28 heavy (non-hydrogen) atoms. The Balaban J connectivity index is 1.52. The highest BCUT2D eigenvalue weighted by Crippen LogP contribution is 2.60. The van der Waals surface area contributed by atoms with Crippen molar-refractivity contribution in [1.29, 1.82) is 0 Å². The minimum Gasteiger partial charge on any atom is -0.461 e. The average Bonchev–Trinajstić information content (AvgIpc) is 3.19. The van der Waals surface area contributed by atoms with Gasteiger partial charge < -0.3 is 9.47 Å². The fourth-order valence-corrected chi connectivity index (χ4v) is 3.56. The smallest absolute Gasteiger partial charge is 0.310 e. The van der Waals surface area contributed by atoms with Gasteiger partial charge in [-0.1, -0.05) is 73.5 Å². The summed E-state index contributed by atoms with van der Waals surface area (Å²) in [5, 5.41) is 0. The van der Waals surface area contributed by atoms with Gasteiger partial charge in [-0.15, -0.1) is 0 Å². The molecule has 146 valence electrons. The van der Waals surface area contributed by atoms with Crippen molar-refractivity contribution in [2.24, 2.45) is 17.3 Å². The van der Waals surface area contributed by atoms with Crippen LogP contribution in [0.4, 0.5) is 0 Å². The van der Waals surface area contributed by atoms with Gasteiger partial charge in [-0.2, -0.15) is 0 Å². The van der Waals surface area contributed by atoms with E-state index in [1.165, 1.54) is 0 Å². The molecule has 0 aromatic heterocycles. The number of para-hydroxylation sites is 1. The van der Waals surface area contributed by atoms with E-state index in [0.29, 0.717) is 0 Å². The summed E-state index contributed by atoms with van der Waals surface area (Å²) in [7, 11) is 0. The van der Waals surface area contributed by atoms with Crippen LogP contribution in [0.25, 0.3) is 6.08 Å². The van der Waals surface area contributed by atoms with E-state index in [1.807, 2.05) is 80.6 Å². The van der Waals surface area contributed by atoms with Crippen molar-refractivity contribution in [2.75, 3.05) is 6.61 Å². The summed E-state index contributed by atoms with van der Waals surface area (Å²) in [4.78, 5) is 12.3. The summed E-state index contributed by atoms with van der Waals surface area (Å²) >= 11 is 11.4. The molecule has 2 aromatic rings. The Morgan fingerprint density at radius 2 is 1.79 bits per heavy atom. The standard InChI is InChI=1S/C23H22Cl2O3/c1-23(2)19(15-20(24)25)21(23)22(26)27-13-7-9-16-8-6-12-18(14-16)28-17-10-4-3-5-11-17/h3-12,14-15,19,21H,13H2,1-2H3/b9-7+. The van der Waals surface area contributed by atoms with E-state index in [1.54, 1.807) is 6.08 Å². The monoisotopic (exact) mass is 416 g/mol. The summed E-state index contributed by atoms with van der Waals surface area (Å²) in [5.74, 6) is 1.10. The van der Waals surface area contributed by atoms with E-state index in [4.69, 9.17) is 32.7 Å². The maximum absolute atomic E-state index is 12.3. The van der Waals surface area contributed by atoms with Crippen LogP contribution in [0.3, 0.4) is 0 Å². The molecule has 0 spiro atoms. The highest BCUT2D eigenvalue weighted by molar-refractivity contribution is 6.55. The minimum atomic E-state index is -0.230. The largest absolute Gasteiger partial charge is 0.461 e. The number of halogens is 2. The maximum atomic E-state index is 12.3. The first-order valence-corrected chi connectivity index (χ1v) is 9.82. The van der Waals surface area contributed by atoms with Crippen molar-refractivity contribution in [3.63, 3.8) is 0 Å². The number of benzene rings is 2. The van der Waals surface area contributed by atoms with Gasteiger partial charge in [0.2, 0.25) is 0 Å². The number of hydrogen-bond acceptors (Lipinski definition) is 3. The maximum Gasteiger partial charge on any atom is 0.310 e. The third kappa shape index (κ3) is 5.18. The number of carbonyl (C=O) groups excluding carboxylic acids is 1. The third-order valence-electron chi connectivity index (χ3n) is 4.94. The fraction of sp³-hybridized carbons (Fsp3) is 0.261. The summed E-state index contributed by atoms with van der Waals surface area (Å²) in [6, 6.07) is 17.3. The van der Waals surface area contributed by atoms with Gasteiger partial charge in [0.05, 0.1) is 5.92 Å². The van der Waals surface area contributed by atoms with Crippen LogP contribution in [0.1, 0.15) is 19.4 Å². The van der Waals surface area contributed by atoms with Gasteiger partial charge in [0.1, 0.15) is 22.6 Å². The molecule has 0 bridgehead atoms. The molecule has 2 aromatic carbocycles. The number of esters is 1. The molecule has 0 N–H and O–H groups in total. The molecule has 1 aliphatic rings. The summed E-state index contributed by atoms with van der Waals surface area (Å²) in [5.41, 5.74) is 0.782. The van der Waals surface area contributed by atoms with Gasteiger partial charge in [-0.25, -0.2) is 0 Å². The number of hydrogen-bond donors (Lipinski definition) is 0. The Bertz CT molecular complexity index is 884. The van der Waals surface area contributed by atoms with Crippen LogP contribution in [-0.4, -0.2) is 12.6 Å². The number of carbonyl (C=O) groups is 1. The van der Waals surface area contributed by atoms with Crippen molar-refractivity contribution < 1.29 is 14.3 Å². The van der Waals surface area contributed by atoms with Crippen LogP contribution in [0.5, 0.6) is 11.5 Å². The van der Waals surface area contributed by atoms with Gasteiger partial charge in [0, 0.05) is 0 Å². The second kappa shape index (κ2) is 8.85. The van der Waals surface area contributed by atoms with Crippen molar-refractivity contribution >= 4 is 35.2 Å². The Kier molecular flexibility index (Phi) is 6.48. The molecule has 2 atom stereocenters. The molecule has 3 nitrogen and oxygen atoms in total. The van der Waals surface area contributed by atoms with Crippen LogP contribution >= 0.6 is 23.2 Å². The topological polar surface area (TPSA) is 35.5 Å². The molecule has 0 radical (unpaired) electrons. The predicted molar refractivity (Wildman–Crippen MR) is 114 cm³/mol. The van der Waals surface area contributed by atoms with Gasteiger partial charge in [-0.3, -0.25) is 4.79 Å². The molecule has 2 unspecified atom stereocenters. The lowest BCUT2D eigenvalue weighted by molar-refractivity contribution is -0.144. The SMILES string of the molecule is CC1(C)C(C=C(Cl)Cl)C1C(=O)OC/C=C/c1cccc(Oc2ccccc2)c1. The molecule has 1 fully saturated rings. The Hall–Kier alpha value is -2.23. The zero-order valence-corrected chi connectivity index (χ0v) is 17.3. The van der Waals surface area contributed by atoms with Crippen LogP contribution in [-0.2, 0) is 9.53 Å². The third-order valence-corrected chi connectivity index (χ3v) is 5.19. The first-order valence-electron chi connectivity index (χ1n) is 9.07. The summed E-state index contributed by atoms with van der Waals surface area (Å²) in [6.07, 6.45) is 5.42. The van der Waals surface area contributed by atoms with Gasteiger partial charge >= 0.3 is 5.97 Å². The molecule has 1 saturated carbocycles. The van der Waals surface area contributed by atoms with Gasteiger partial charge in [0.25, 0.3) is 0 Å². The second-order valence-electron chi connectivity index (χ2n) is 7.30. The predicted octanol–water partition coefficient (Wildman–Crippen LogP) is 6.63. The normalized spacial score (nSPS) is 19.9. The van der Waals surface area contributed by atoms with Crippen LogP contribution in [0, 0.1) is 17.3 Å². The molecular formula is C23H22Cl2O3. The molecular weight excluding hydrogens is 395 g/mol. The van der Waals surface area contributed by atoms with Gasteiger partial charge in [-0.05, 0) is 53.3 Å². The summed E-state index contributed by atoms with van der Waals surface area (Å²) < 4.78 is 11.4. The molecule has 5 heteroatoms. The first-order chi connectivity index (χ1) is 13.4. The van der Waals surface area contributed by atoms with E-state index in [9.17, 15) is 4.79 Å². The van der Waals surface area contributed by atoms with E-state index < -0.39 is 0 Å². The van der Waals surface area contributed by atoms with E-state index in [-0.39, 0.29) is 34.3 Å². The van der Waals surface area contributed by atoms with Crippen LogP contribution in [0.15, 0.2) is 71.2 Å². The van der Waals surface area contributed by atoms with Crippen molar-refractivity contribution in [3.8, 4) is 11.5 Å². The zero-order valence-electron chi connectivity index (χ0n) is 15.8. The Labute approximate surface area is 175 Å². The summed E-state index contributed by atoms with van der Waals surface area (Å²) in [6.45, 7) is 4.22. The van der Waals surface area contributed by atoms with Gasteiger partial charge in [0.15, 0.2) is 0 Å². The average molecular weight is 417 g/mol. The Morgan fingerprint density at radius 1 is 1.07 bits per heavy atom. The van der Waals surface area contributed by atoms with Crippen LogP contribution in [0.2, 0.25) is 0 Å². The lowest BCUT2D eigenvalue weighted by Crippen LogP contribution is -2.10. The van der Waals surface area contributed by atoms with Crippen molar-refractivity contribution in [1.82, 2.24) is 0 Å². The van der Waals surface area contributed by atoms with E-state index in [2.05, 4.69) is 0 Å².